The topological polar surface area (TPSA) is 29.1 Å². The highest BCUT2D eigenvalue weighted by atomic mass is 19.4. The van der Waals surface area contributed by atoms with E-state index in [0.717, 1.165) is 12.1 Å². The van der Waals surface area contributed by atoms with Gasteiger partial charge in [0.1, 0.15) is 5.82 Å². The second kappa shape index (κ2) is 6.60. The Hall–Kier alpha value is -2.37. The summed E-state index contributed by atoms with van der Waals surface area (Å²) < 4.78 is 50.2. The SMILES string of the molecule is O=C(Cc1cccc(F)c1)NCc1ccc(C(F)(F)F)cc1. The van der Waals surface area contributed by atoms with Gasteiger partial charge in [0.25, 0.3) is 0 Å². The van der Waals surface area contributed by atoms with Crippen molar-refractivity contribution in [2.24, 2.45) is 0 Å². The molecule has 0 aromatic heterocycles. The Kier molecular flexibility index (Phi) is 4.80. The van der Waals surface area contributed by atoms with Crippen molar-refractivity contribution < 1.29 is 22.4 Å². The number of hydrogen-bond acceptors (Lipinski definition) is 1. The van der Waals surface area contributed by atoms with Crippen molar-refractivity contribution in [1.29, 1.82) is 0 Å². The van der Waals surface area contributed by atoms with Crippen LogP contribution in [0.1, 0.15) is 16.7 Å². The summed E-state index contributed by atoms with van der Waals surface area (Å²) >= 11 is 0. The fraction of sp³-hybridized carbons (Fsp3) is 0.188. The van der Waals surface area contributed by atoms with E-state index in [2.05, 4.69) is 5.32 Å². The first-order chi connectivity index (χ1) is 10.3. The van der Waals surface area contributed by atoms with Crippen molar-refractivity contribution in [3.63, 3.8) is 0 Å². The summed E-state index contributed by atoms with van der Waals surface area (Å²) in [4.78, 5) is 11.7. The zero-order chi connectivity index (χ0) is 16.2. The predicted octanol–water partition coefficient (Wildman–Crippen LogP) is 3.70. The third-order valence-corrected chi connectivity index (χ3v) is 3.02. The van der Waals surface area contributed by atoms with Gasteiger partial charge in [0.15, 0.2) is 0 Å². The standard InChI is InChI=1S/C16H13F4NO/c17-14-3-1-2-12(8-14)9-15(22)21-10-11-4-6-13(7-5-11)16(18,19)20/h1-8H,9-10H2,(H,21,22). The minimum Gasteiger partial charge on any atom is -0.352 e. The summed E-state index contributed by atoms with van der Waals surface area (Å²) in [6, 6.07) is 10.2. The third-order valence-electron chi connectivity index (χ3n) is 3.02. The number of hydrogen-bond donors (Lipinski definition) is 1. The number of nitrogens with one attached hydrogen (secondary N) is 1. The summed E-state index contributed by atoms with van der Waals surface area (Å²) in [5.41, 5.74) is 0.354. The van der Waals surface area contributed by atoms with Gasteiger partial charge in [-0.25, -0.2) is 4.39 Å². The van der Waals surface area contributed by atoms with Crippen molar-refractivity contribution in [2.45, 2.75) is 19.1 Å². The smallest absolute Gasteiger partial charge is 0.352 e. The summed E-state index contributed by atoms with van der Waals surface area (Å²) in [6.45, 7) is 0.117. The van der Waals surface area contributed by atoms with Gasteiger partial charge in [0.2, 0.25) is 5.91 Å². The van der Waals surface area contributed by atoms with Gasteiger partial charge in [0, 0.05) is 6.54 Å². The van der Waals surface area contributed by atoms with E-state index in [4.69, 9.17) is 0 Å². The zero-order valence-corrected chi connectivity index (χ0v) is 11.5. The lowest BCUT2D eigenvalue weighted by molar-refractivity contribution is -0.137. The van der Waals surface area contributed by atoms with Crippen LogP contribution in [0.5, 0.6) is 0 Å². The molecule has 1 N–H and O–H groups in total. The van der Waals surface area contributed by atoms with Crippen LogP contribution in [0, 0.1) is 5.82 Å². The molecular weight excluding hydrogens is 298 g/mol. The first-order valence-corrected chi connectivity index (χ1v) is 6.52. The lowest BCUT2D eigenvalue weighted by Crippen LogP contribution is -2.24. The van der Waals surface area contributed by atoms with Crippen LogP contribution in [-0.2, 0) is 23.9 Å². The highest BCUT2D eigenvalue weighted by Crippen LogP contribution is 2.29. The van der Waals surface area contributed by atoms with E-state index in [1.54, 1.807) is 6.07 Å². The number of carbonyl (C=O) groups is 1. The van der Waals surface area contributed by atoms with Crippen LogP contribution in [0.25, 0.3) is 0 Å². The Morgan fingerprint density at radius 2 is 1.68 bits per heavy atom. The Morgan fingerprint density at radius 3 is 2.27 bits per heavy atom. The number of halogens is 4. The molecule has 2 rings (SSSR count). The first kappa shape index (κ1) is 16.0. The van der Waals surface area contributed by atoms with Crippen LogP contribution in [0.2, 0.25) is 0 Å². The number of benzene rings is 2. The molecule has 0 atom stereocenters. The van der Waals surface area contributed by atoms with Gasteiger partial charge in [-0.05, 0) is 35.4 Å². The highest BCUT2D eigenvalue weighted by Gasteiger charge is 2.29. The van der Waals surface area contributed by atoms with E-state index in [9.17, 15) is 22.4 Å². The predicted molar refractivity (Wildman–Crippen MR) is 73.4 cm³/mol. The molecule has 0 radical (unpaired) electrons. The fourth-order valence-corrected chi connectivity index (χ4v) is 1.91. The van der Waals surface area contributed by atoms with Crippen LogP contribution in [0.3, 0.4) is 0 Å². The average Bonchev–Trinajstić information content (AvgIpc) is 2.45. The molecule has 2 aromatic rings. The molecule has 0 bridgehead atoms. The average molecular weight is 311 g/mol. The van der Waals surface area contributed by atoms with Crippen LogP contribution in [0.15, 0.2) is 48.5 Å². The van der Waals surface area contributed by atoms with Crippen molar-refractivity contribution in [3.05, 3.63) is 71.0 Å². The molecule has 2 nitrogen and oxygen atoms in total. The molecule has 0 fully saturated rings. The van der Waals surface area contributed by atoms with Crippen LogP contribution in [-0.4, -0.2) is 5.91 Å². The molecule has 22 heavy (non-hydrogen) atoms. The quantitative estimate of drug-likeness (QED) is 0.857. The molecule has 0 spiro atoms. The maximum atomic E-state index is 13.0. The number of amides is 1. The Bertz CT molecular complexity index is 650. The third kappa shape index (κ3) is 4.58. The minimum absolute atomic E-state index is 0.0123. The highest BCUT2D eigenvalue weighted by molar-refractivity contribution is 5.78. The van der Waals surface area contributed by atoms with E-state index in [1.165, 1.54) is 30.3 Å². The van der Waals surface area contributed by atoms with Gasteiger partial charge in [-0.15, -0.1) is 0 Å². The second-order valence-corrected chi connectivity index (χ2v) is 4.78. The van der Waals surface area contributed by atoms with Crippen molar-refractivity contribution in [2.75, 3.05) is 0 Å². The molecule has 0 aliphatic rings. The summed E-state index contributed by atoms with van der Waals surface area (Å²) in [7, 11) is 0. The molecular formula is C16H13F4NO. The summed E-state index contributed by atoms with van der Waals surface area (Å²) in [5, 5.41) is 2.58. The van der Waals surface area contributed by atoms with Gasteiger partial charge in [-0.3, -0.25) is 4.79 Å². The van der Waals surface area contributed by atoms with E-state index < -0.39 is 17.6 Å². The van der Waals surface area contributed by atoms with Gasteiger partial charge in [0.05, 0.1) is 12.0 Å². The van der Waals surface area contributed by atoms with E-state index >= 15 is 0 Å². The van der Waals surface area contributed by atoms with Crippen LogP contribution < -0.4 is 5.32 Å². The molecule has 6 heteroatoms. The van der Waals surface area contributed by atoms with Crippen LogP contribution in [0.4, 0.5) is 17.6 Å². The Balaban J connectivity index is 1.88. The van der Waals surface area contributed by atoms with Gasteiger partial charge < -0.3 is 5.32 Å². The number of rotatable bonds is 4. The minimum atomic E-state index is -4.38. The Labute approximate surface area is 124 Å². The van der Waals surface area contributed by atoms with E-state index in [-0.39, 0.29) is 18.9 Å². The van der Waals surface area contributed by atoms with E-state index in [1.807, 2.05) is 0 Å². The van der Waals surface area contributed by atoms with Gasteiger partial charge in [-0.1, -0.05) is 24.3 Å². The molecule has 0 aliphatic carbocycles. The second-order valence-electron chi connectivity index (χ2n) is 4.78. The van der Waals surface area contributed by atoms with E-state index in [0.29, 0.717) is 11.1 Å². The molecule has 116 valence electrons. The lowest BCUT2D eigenvalue weighted by atomic mass is 10.1. The molecule has 0 saturated heterocycles. The number of alkyl halides is 3. The normalized spacial score (nSPS) is 11.3. The van der Waals surface area contributed by atoms with Crippen molar-refractivity contribution >= 4 is 5.91 Å². The molecule has 0 saturated carbocycles. The van der Waals surface area contributed by atoms with Gasteiger partial charge in [-0.2, -0.15) is 13.2 Å². The monoisotopic (exact) mass is 311 g/mol. The number of carbonyl (C=O) groups excluding carboxylic acids is 1. The first-order valence-electron chi connectivity index (χ1n) is 6.52. The maximum absolute atomic E-state index is 13.0. The summed E-state index contributed by atoms with van der Waals surface area (Å²) in [6.07, 6.45) is -4.36. The van der Waals surface area contributed by atoms with Crippen molar-refractivity contribution in [1.82, 2.24) is 5.32 Å². The van der Waals surface area contributed by atoms with Gasteiger partial charge >= 0.3 is 6.18 Å². The molecule has 1 amide bonds. The molecule has 0 heterocycles. The largest absolute Gasteiger partial charge is 0.416 e. The fourth-order valence-electron chi connectivity index (χ4n) is 1.91. The zero-order valence-electron chi connectivity index (χ0n) is 11.5. The maximum Gasteiger partial charge on any atom is 0.416 e. The molecule has 2 aromatic carbocycles. The lowest BCUT2D eigenvalue weighted by Gasteiger charge is -2.09. The molecule has 0 unspecified atom stereocenters. The Morgan fingerprint density at radius 1 is 1.00 bits per heavy atom. The van der Waals surface area contributed by atoms with Crippen molar-refractivity contribution in [3.8, 4) is 0 Å². The molecule has 0 aliphatic heterocycles. The van der Waals surface area contributed by atoms with Crippen LogP contribution >= 0.6 is 0 Å². The summed E-state index contributed by atoms with van der Waals surface area (Å²) in [5.74, 6) is -0.751.